The molecule has 1 aromatic heterocycles. The summed E-state index contributed by atoms with van der Waals surface area (Å²) in [5.41, 5.74) is 2.06. The van der Waals surface area contributed by atoms with Gasteiger partial charge in [-0.05, 0) is 30.7 Å². The molecule has 5 nitrogen and oxygen atoms in total. The number of thiazole rings is 1. The van der Waals surface area contributed by atoms with Crippen molar-refractivity contribution in [2.75, 3.05) is 6.61 Å². The van der Waals surface area contributed by atoms with Crippen molar-refractivity contribution >= 4 is 39.1 Å². The van der Waals surface area contributed by atoms with Crippen LogP contribution >= 0.6 is 22.9 Å². The number of halogens is 1. The standard InChI is InChI=1S/C18H15ClN2O3S/c1-10-7-8-11(19)16-15(10)21(2)18(25-16)20-17(22)14-9-23-12-5-3-4-6-13(12)24-14/h3-8,14H,9H2,1-2H3/t14-/m1/s1. The molecule has 0 saturated carbocycles. The number of amides is 1. The quantitative estimate of drug-likeness (QED) is 0.655. The summed E-state index contributed by atoms with van der Waals surface area (Å²) < 4.78 is 14.1. The monoisotopic (exact) mass is 374 g/mol. The van der Waals surface area contributed by atoms with E-state index >= 15 is 0 Å². The van der Waals surface area contributed by atoms with E-state index in [9.17, 15) is 4.79 Å². The van der Waals surface area contributed by atoms with Crippen LogP contribution in [-0.2, 0) is 11.8 Å². The number of fused-ring (bicyclic) bond motifs is 2. The fourth-order valence-corrected chi connectivity index (χ4v) is 4.19. The first kappa shape index (κ1) is 16.2. The molecule has 0 spiro atoms. The van der Waals surface area contributed by atoms with Crippen molar-refractivity contribution in [1.29, 1.82) is 0 Å². The Balaban J connectivity index is 1.71. The van der Waals surface area contributed by atoms with Crippen LogP contribution in [0, 0.1) is 6.92 Å². The van der Waals surface area contributed by atoms with Crippen LogP contribution in [0.5, 0.6) is 11.5 Å². The van der Waals surface area contributed by atoms with E-state index < -0.39 is 6.10 Å². The zero-order valence-corrected chi connectivity index (χ0v) is 15.2. The Morgan fingerprint density at radius 3 is 2.80 bits per heavy atom. The lowest BCUT2D eigenvalue weighted by Crippen LogP contribution is -2.36. The van der Waals surface area contributed by atoms with Crippen molar-refractivity contribution in [1.82, 2.24) is 4.57 Å². The summed E-state index contributed by atoms with van der Waals surface area (Å²) in [6.45, 7) is 2.15. The third-order valence-electron chi connectivity index (χ3n) is 4.09. The van der Waals surface area contributed by atoms with Gasteiger partial charge in [-0.2, -0.15) is 4.99 Å². The molecule has 0 aliphatic carbocycles. The minimum absolute atomic E-state index is 0.147. The zero-order valence-electron chi connectivity index (χ0n) is 13.7. The third kappa shape index (κ3) is 2.81. The van der Waals surface area contributed by atoms with Crippen LogP contribution in [0.4, 0.5) is 0 Å². The third-order valence-corrected chi connectivity index (χ3v) is 5.68. The molecule has 0 radical (unpaired) electrons. The summed E-state index contributed by atoms with van der Waals surface area (Å²) in [4.78, 5) is 17.4. The Kier molecular flexibility index (Phi) is 4.01. The average Bonchev–Trinajstić information content (AvgIpc) is 2.95. The molecule has 0 fully saturated rings. The predicted molar refractivity (Wildman–Crippen MR) is 97.5 cm³/mol. The molecule has 2 aromatic carbocycles. The van der Waals surface area contributed by atoms with Gasteiger partial charge in [0.15, 0.2) is 16.3 Å². The molecule has 25 heavy (non-hydrogen) atoms. The molecular formula is C18H15ClN2O3S. The van der Waals surface area contributed by atoms with Gasteiger partial charge in [-0.1, -0.05) is 41.1 Å². The van der Waals surface area contributed by atoms with E-state index in [0.29, 0.717) is 21.3 Å². The Bertz CT molecular complexity index is 1050. The molecule has 1 amide bonds. The smallest absolute Gasteiger partial charge is 0.292 e. The van der Waals surface area contributed by atoms with E-state index in [4.69, 9.17) is 21.1 Å². The van der Waals surface area contributed by atoms with Crippen molar-refractivity contribution < 1.29 is 14.3 Å². The van der Waals surface area contributed by atoms with Gasteiger partial charge in [-0.25, -0.2) is 0 Å². The molecule has 1 aliphatic heterocycles. The van der Waals surface area contributed by atoms with Crippen LogP contribution in [-0.4, -0.2) is 23.2 Å². The topological polar surface area (TPSA) is 52.8 Å². The van der Waals surface area contributed by atoms with Gasteiger partial charge < -0.3 is 14.0 Å². The van der Waals surface area contributed by atoms with Crippen LogP contribution in [0.3, 0.4) is 0 Å². The van der Waals surface area contributed by atoms with E-state index in [2.05, 4.69) is 4.99 Å². The van der Waals surface area contributed by atoms with E-state index in [1.165, 1.54) is 11.3 Å². The fraction of sp³-hybridized carbons (Fsp3) is 0.222. The Labute approximate surface area is 153 Å². The van der Waals surface area contributed by atoms with Crippen molar-refractivity contribution in [3.05, 3.63) is 51.8 Å². The first-order valence-corrected chi connectivity index (χ1v) is 8.96. The van der Waals surface area contributed by atoms with Gasteiger partial charge in [-0.15, -0.1) is 0 Å². The van der Waals surface area contributed by atoms with Crippen LogP contribution < -0.4 is 14.3 Å². The second kappa shape index (κ2) is 6.20. The highest BCUT2D eigenvalue weighted by molar-refractivity contribution is 7.17. The first-order valence-electron chi connectivity index (χ1n) is 7.76. The highest BCUT2D eigenvalue weighted by Crippen LogP contribution is 2.31. The molecule has 0 unspecified atom stereocenters. The summed E-state index contributed by atoms with van der Waals surface area (Å²) in [7, 11) is 1.88. The molecule has 0 saturated heterocycles. The van der Waals surface area contributed by atoms with E-state index in [1.54, 1.807) is 6.07 Å². The summed E-state index contributed by atoms with van der Waals surface area (Å²) in [6.07, 6.45) is -0.753. The molecule has 0 bridgehead atoms. The Morgan fingerprint density at radius 2 is 2.04 bits per heavy atom. The zero-order chi connectivity index (χ0) is 17.6. The Hall–Kier alpha value is -2.31. The maximum atomic E-state index is 12.6. The van der Waals surface area contributed by atoms with E-state index in [0.717, 1.165) is 15.8 Å². The maximum absolute atomic E-state index is 12.6. The number of benzene rings is 2. The lowest BCUT2D eigenvalue weighted by molar-refractivity contribution is -0.127. The lowest BCUT2D eigenvalue weighted by atomic mass is 10.2. The van der Waals surface area contributed by atoms with Gasteiger partial charge >= 0.3 is 0 Å². The van der Waals surface area contributed by atoms with Gasteiger partial charge in [0, 0.05) is 7.05 Å². The molecule has 1 aliphatic rings. The molecule has 3 aromatic rings. The minimum Gasteiger partial charge on any atom is -0.485 e. The maximum Gasteiger partial charge on any atom is 0.292 e. The predicted octanol–water partition coefficient (Wildman–Crippen LogP) is 3.47. The molecular weight excluding hydrogens is 360 g/mol. The number of para-hydroxylation sites is 2. The first-order chi connectivity index (χ1) is 12.0. The normalized spacial score (nSPS) is 17.1. The largest absolute Gasteiger partial charge is 0.485 e. The van der Waals surface area contributed by atoms with Crippen molar-refractivity contribution in [3.8, 4) is 11.5 Å². The van der Waals surface area contributed by atoms with Crippen LogP contribution in [0.25, 0.3) is 10.2 Å². The fourth-order valence-electron chi connectivity index (χ4n) is 2.82. The van der Waals surface area contributed by atoms with Crippen LogP contribution in [0.2, 0.25) is 5.02 Å². The summed E-state index contributed by atoms with van der Waals surface area (Å²) in [5, 5.41) is 0.654. The van der Waals surface area contributed by atoms with E-state index in [-0.39, 0.29) is 12.5 Å². The minimum atomic E-state index is -0.753. The van der Waals surface area contributed by atoms with E-state index in [1.807, 2.05) is 48.9 Å². The van der Waals surface area contributed by atoms with Gasteiger partial charge in [-0.3, -0.25) is 4.79 Å². The molecule has 2 heterocycles. The van der Waals surface area contributed by atoms with Gasteiger partial charge in [0.25, 0.3) is 5.91 Å². The lowest BCUT2D eigenvalue weighted by Gasteiger charge is -2.23. The summed E-state index contributed by atoms with van der Waals surface area (Å²) in [6, 6.07) is 11.1. The van der Waals surface area contributed by atoms with Crippen molar-refractivity contribution in [3.63, 3.8) is 0 Å². The van der Waals surface area contributed by atoms with Gasteiger partial charge in [0.2, 0.25) is 6.10 Å². The van der Waals surface area contributed by atoms with Crippen molar-refractivity contribution in [2.24, 2.45) is 12.0 Å². The van der Waals surface area contributed by atoms with Gasteiger partial charge in [0.1, 0.15) is 6.61 Å². The van der Waals surface area contributed by atoms with Crippen LogP contribution in [0.1, 0.15) is 5.56 Å². The number of carbonyl (C=O) groups excluding carboxylic acids is 1. The van der Waals surface area contributed by atoms with Crippen LogP contribution in [0.15, 0.2) is 41.4 Å². The second-order valence-electron chi connectivity index (χ2n) is 5.80. The second-order valence-corrected chi connectivity index (χ2v) is 7.18. The number of ether oxygens (including phenoxy) is 2. The number of hydrogen-bond acceptors (Lipinski definition) is 4. The van der Waals surface area contributed by atoms with Crippen molar-refractivity contribution in [2.45, 2.75) is 13.0 Å². The highest BCUT2D eigenvalue weighted by Gasteiger charge is 2.27. The molecule has 0 N–H and O–H groups in total. The number of aryl methyl sites for hydroxylation is 2. The SMILES string of the molecule is Cc1ccc(Cl)c2sc(=NC(=O)[C@H]3COc4ccccc4O3)n(C)c12. The summed E-state index contributed by atoms with van der Waals surface area (Å²) >= 11 is 7.67. The summed E-state index contributed by atoms with van der Waals surface area (Å²) in [5.74, 6) is 0.828. The number of nitrogens with zero attached hydrogens (tertiary/aromatic N) is 2. The van der Waals surface area contributed by atoms with Gasteiger partial charge in [0.05, 0.1) is 15.2 Å². The number of hydrogen-bond donors (Lipinski definition) is 0. The molecule has 7 heteroatoms. The Morgan fingerprint density at radius 1 is 1.28 bits per heavy atom. The molecule has 128 valence electrons. The average molecular weight is 375 g/mol. The highest BCUT2D eigenvalue weighted by atomic mass is 35.5. The molecule has 4 rings (SSSR count). The number of carbonyl (C=O) groups is 1. The molecule has 1 atom stereocenters. The number of rotatable bonds is 1. The number of aromatic nitrogens is 1.